The SMILES string of the molecule is COc1cc(C)nc(COc2cccc(C)c2)c1. The van der Waals surface area contributed by atoms with Crippen LogP contribution in [0, 0.1) is 13.8 Å². The van der Waals surface area contributed by atoms with Crippen molar-refractivity contribution >= 4 is 0 Å². The highest BCUT2D eigenvalue weighted by Gasteiger charge is 2.02. The van der Waals surface area contributed by atoms with Gasteiger partial charge in [-0.2, -0.15) is 0 Å². The Kier molecular flexibility index (Phi) is 3.82. The quantitative estimate of drug-likeness (QED) is 0.825. The number of methoxy groups -OCH3 is 1. The predicted octanol–water partition coefficient (Wildman–Crippen LogP) is 3.29. The molecule has 0 radical (unpaired) electrons. The van der Waals surface area contributed by atoms with Gasteiger partial charge < -0.3 is 9.47 Å². The summed E-state index contributed by atoms with van der Waals surface area (Å²) < 4.78 is 10.9. The summed E-state index contributed by atoms with van der Waals surface area (Å²) in [4.78, 5) is 4.41. The molecule has 2 aromatic rings. The summed E-state index contributed by atoms with van der Waals surface area (Å²) in [6, 6.07) is 11.8. The maximum Gasteiger partial charge on any atom is 0.130 e. The lowest BCUT2D eigenvalue weighted by molar-refractivity contribution is 0.299. The molecule has 3 nitrogen and oxygen atoms in total. The number of benzene rings is 1. The van der Waals surface area contributed by atoms with Crippen LogP contribution in [0.4, 0.5) is 0 Å². The van der Waals surface area contributed by atoms with E-state index in [0.717, 1.165) is 22.9 Å². The molecule has 0 saturated heterocycles. The molecule has 0 aliphatic heterocycles. The van der Waals surface area contributed by atoms with Gasteiger partial charge in [-0.15, -0.1) is 0 Å². The first-order chi connectivity index (χ1) is 8.67. The summed E-state index contributed by atoms with van der Waals surface area (Å²) in [5.74, 6) is 1.67. The lowest BCUT2D eigenvalue weighted by atomic mass is 10.2. The second-order valence-electron chi connectivity index (χ2n) is 4.24. The Bertz CT molecular complexity index is 538. The van der Waals surface area contributed by atoms with Crippen LogP contribution < -0.4 is 9.47 Å². The fraction of sp³-hybridized carbons (Fsp3) is 0.267. The molecule has 0 aliphatic carbocycles. The van der Waals surface area contributed by atoms with Crippen LogP contribution in [0.15, 0.2) is 36.4 Å². The minimum absolute atomic E-state index is 0.446. The Morgan fingerprint density at radius 2 is 1.89 bits per heavy atom. The lowest BCUT2D eigenvalue weighted by Crippen LogP contribution is -2.00. The van der Waals surface area contributed by atoms with Crippen molar-refractivity contribution in [3.63, 3.8) is 0 Å². The fourth-order valence-electron chi connectivity index (χ4n) is 1.76. The molecule has 0 N–H and O–H groups in total. The standard InChI is InChI=1S/C15H17NO2/c1-11-5-4-6-14(7-11)18-10-13-9-15(17-3)8-12(2)16-13/h4-9H,10H2,1-3H3. The molecule has 1 heterocycles. The van der Waals surface area contributed by atoms with Gasteiger partial charge in [0.15, 0.2) is 0 Å². The first-order valence-corrected chi connectivity index (χ1v) is 5.88. The van der Waals surface area contributed by atoms with Crippen LogP contribution in [-0.4, -0.2) is 12.1 Å². The number of nitrogens with zero attached hydrogens (tertiary/aromatic N) is 1. The zero-order chi connectivity index (χ0) is 13.0. The molecule has 0 unspecified atom stereocenters. The highest BCUT2D eigenvalue weighted by Crippen LogP contribution is 2.17. The van der Waals surface area contributed by atoms with Crippen molar-refractivity contribution in [3.05, 3.63) is 53.3 Å². The monoisotopic (exact) mass is 243 g/mol. The highest BCUT2D eigenvalue weighted by molar-refractivity contribution is 5.29. The number of aromatic nitrogens is 1. The second-order valence-corrected chi connectivity index (χ2v) is 4.24. The van der Waals surface area contributed by atoms with Crippen LogP contribution in [-0.2, 0) is 6.61 Å². The summed E-state index contributed by atoms with van der Waals surface area (Å²) in [6.07, 6.45) is 0. The van der Waals surface area contributed by atoms with E-state index in [2.05, 4.69) is 4.98 Å². The van der Waals surface area contributed by atoms with Gasteiger partial charge in [-0.1, -0.05) is 12.1 Å². The van der Waals surface area contributed by atoms with E-state index < -0.39 is 0 Å². The third-order valence-corrected chi connectivity index (χ3v) is 2.59. The van der Waals surface area contributed by atoms with E-state index in [-0.39, 0.29) is 0 Å². The Morgan fingerprint density at radius 3 is 2.61 bits per heavy atom. The highest BCUT2D eigenvalue weighted by atomic mass is 16.5. The van der Waals surface area contributed by atoms with Gasteiger partial charge in [0.25, 0.3) is 0 Å². The van der Waals surface area contributed by atoms with Crippen LogP contribution in [0.25, 0.3) is 0 Å². The van der Waals surface area contributed by atoms with Crippen molar-refractivity contribution in [3.8, 4) is 11.5 Å². The molecule has 18 heavy (non-hydrogen) atoms. The first-order valence-electron chi connectivity index (χ1n) is 5.88. The van der Waals surface area contributed by atoms with Crippen molar-refractivity contribution < 1.29 is 9.47 Å². The van der Waals surface area contributed by atoms with Gasteiger partial charge in [-0.05, 0) is 31.5 Å². The molecule has 0 spiro atoms. The van der Waals surface area contributed by atoms with E-state index in [1.54, 1.807) is 7.11 Å². The predicted molar refractivity (Wildman–Crippen MR) is 71.0 cm³/mol. The Labute approximate surface area is 107 Å². The Morgan fingerprint density at radius 1 is 1.06 bits per heavy atom. The third kappa shape index (κ3) is 3.23. The van der Waals surface area contributed by atoms with E-state index >= 15 is 0 Å². The van der Waals surface area contributed by atoms with Gasteiger partial charge in [-0.25, -0.2) is 0 Å². The Balaban J connectivity index is 2.08. The summed E-state index contributed by atoms with van der Waals surface area (Å²) in [6.45, 7) is 4.43. The molecule has 3 heteroatoms. The zero-order valence-corrected chi connectivity index (χ0v) is 10.9. The summed E-state index contributed by atoms with van der Waals surface area (Å²) in [7, 11) is 1.65. The number of pyridine rings is 1. The van der Waals surface area contributed by atoms with Crippen LogP contribution in [0.3, 0.4) is 0 Å². The zero-order valence-electron chi connectivity index (χ0n) is 10.9. The van der Waals surface area contributed by atoms with Gasteiger partial charge in [0, 0.05) is 17.8 Å². The minimum Gasteiger partial charge on any atom is -0.497 e. The number of hydrogen-bond acceptors (Lipinski definition) is 3. The molecule has 0 aliphatic rings. The topological polar surface area (TPSA) is 31.4 Å². The van der Waals surface area contributed by atoms with Crippen molar-refractivity contribution in [2.24, 2.45) is 0 Å². The van der Waals surface area contributed by atoms with E-state index in [0.29, 0.717) is 6.61 Å². The summed E-state index contributed by atoms with van der Waals surface area (Å²) in [5, 5.41) is 0. The lowest BCUT2D eigenvalue weighted by Gasteiger charge is -2.08. The third-order valence-electron chi connectivity index (χ3n) is 2.59. The average Bonchev–Trinajstić information content (AvgIpc) is 2.36. The molecule has 0 amide bonds. The number of rotatable bonds is 4. The van der Waals surface area contributed by atoms with Gasteiger partial charge in [0.05, 0.1) is 12.8 Å². The van der Waals surface area contributed by atoms with Crippen LogP contribution >= 0.6 is 0 Å². The molecule has 1 aromatic heterocycles. The van der Waals surface area contributed by atoms with Crippen LogP contribution in [0.2, 0.25) is 0 Å². The smallest absolute Gasteiger partial charge is 0.130 e. The molecule has 0 atom stereocenters. The van der Waals surface area contributed by atoms with E-state index in [4.69, 9.17) is 9.47 Å². The van der Waals surface area contributed by atoms with Gasteiger partial charge >= 0.3 is 0 Å². The molecule has 0 fully saturated rings. The Hall–Kier alpha value is -2.03. The van der Waals surface area contributed by atoms with Crippen LogP contribution in [0.5, 0.6) is 11.5 Å². The minimum atomic E-state index is 0.446. The summed E-state index contributed by atoms with van der Waals surface area (Å²) >= 11 is 0. The van der Waals surface area contributed by atoms with Gasteiger partial charge in [-0.3, -0.25) is 4.98 Å². The van der Waals surface area contributed by atoms with Crippen molar-refractivity contribution in [1.82, 2.24) is 4.98 Å². The molecule has 1 aromatic carbocycles. The molecule has 0 saturated carbocycles. The normalized spacial score (nSPS) is 10.2. The molecule has 2 rings (SSSR count). The number of ether oxygens (including phenoxy) is 2. The largest absolute Gasteiger partial charge is 0.497 e. The maximum atomic E-state index is 5.71. The van der Waals surface area contributed by atoms with E-state index in [9.17, 15) is 0 Å². The van der Waals surface area contributed by atoms with E-state index in [1.165, 1.54) is 5.56 Å². The molecule has 0 bridgehead atoms. The maximum absolute atomic E-state index is 5.71. The van der Waals surface area contributed by atoms with E-state index in [1.807, 2.05) is 50.2 Å². The molecule has 94 valence electrons. The summed E-state index contributed by atoms with van der Waals surface area (Å²) in [5.41, 5.74) is 2.98. The molecular weight excluding hydrogens is 226 g/mol. The van der Waals surface area contributed by atoms with Crippen molar-refractivity contribution in [2.75, 3.05) is 7.11 Å². The number of aryl methyl sites for hydroxylation is 2. The van der Waals surface area contributed by atoms with Crippen molar-refractivity contribution in [2.45, 2.75) is 20.5 Å². The van der Waals surface area contributed by atoms with Gasteiger partial charge in [0.1, 0.15) is 18.1 Å². The van der Waals surface area contributed by atoms with Crippen molar-refractivity contribution in [1.29, 1.82) is 0 Å². The number of hydrogen-bond donors (Lipinski definition) is 0. The first kappa shape index (κ1) is 12.4. The fourth-order valence-corrected chi connectivity index (χ4v) is 1.76. The molecular formula is C15H17NO2. The average molecular weight is 243 g/mol. The second kappa shape index (κ2) is 5.54. The van der Waals surface area contributed by atoms with Gasteiger partial charge in [0.2, 0.25) is 0 Å². The van der Waals surface area contributed by atoms with Crippen LogP contribution in [0.1, 0.15) is 17.0 Å².